The molecule has 0 aliphatic heterocycles. The van der Waals surface area contributed by atoms with Crippen LogP contribution in [0.4, 0.5) is 0 Å². The number of nitrogens with two attached hydrogens (primary N) is 1. The van der Waals surface area contributed by atoms with Gasteiger partial charge in [0, 0.05) is 32.4 Å². The minimum absolute atomic E-state index is 0.138. The first-order valence-corrected chi connectivity index (χ1v) is 6.75. The molecule has 6 heteroatoms. The van der Waals surface area contributed by atoms with Gasteiger partial charge in [-0.25, -0.2) is 4.98 Å². The highest BCUT2D eigenvalue weighted by Crippen LogP contribution is 1.97. The maximum atomic E-state index is 11.8. The average Bonchev–Trinajstić information content (AvgIpc) is 2.82. The van der Waals surface area contributed by atoms with Crippen molar-refractivity contribution in [1.29, 1.82) is 0 Å². The number of carbonyl (C=O) groups excluding carboxylic acids is 1. The van der Waals surface area contributed by atoms with Gasteiger partial charge in [0.1, 0.15) is 5.69 Å². The predicted octanol–water partition coefficient (Wildman–Crippen LogP) is 0.777. The van der Waals surface area contributed by atoms with Crippen LogP contribution in [0.5, 0.6) is 0 Å². The van der Waals surface area contributed by atoms with Crippen LogP contribution in [0, 0.1) is 0 Å². The van der Waals surface area contributed by atoms with E-state index in [0.29, 0.717) is 25.3 Å². The molecule has 1 aromatic rings. The fourth-order valence-corrected chi connectivity index (χ4v) is 1.59. The lowest BCUT2D eigenvalue weighted by molar-refractivity contribution is 0.0754. The van der Waals surface area contributed by atoms with Crippen LogP contribution in [0.15, 0.2) is 12.5 Å². The van der Waals surface area contributed by atoms with Crippen LogP contribution in [0.25, 0.3) is 0 Å². The van der Waals surface area contributed by atoms with E-state index in [1.165, 1.54) is 0 Å². The fourth-order valence-electron chi connectivity index (χ4n) is 1.59. The van der Waals surface area contributed by atoms with Crippen molar-refractivity contribution in [3.63, 3.8) is 0 Å². The molecule has 0 fully saturated rings. The summed E-state index contributed by atoms with van der Waals surface area (Å²) < 4.78 is 7.23. The van der Waals surface area contributed by atoms with E-state index in [1.807, 2.05) is 18.4 Å². The molecule has 0 atom stereocenters. The standard InChI is InChI=1S/C13H24N4O2/c1-11(2)19-8-4-3-6-15-13(18)12-9-17(7-5-14)10-16-12/h9-11H,3-8,14H2,1-2H3,(H,15,18). The summed E-state index contributed by atoms with van der Waals surface area (Å²) in [6.45, 7) is 6.61. The van der Waals surface area contributed by atoms with Crippen LogP contribution in [0.2, 0.25) is 0 Å². The Labute approximate surface area is 114 Å². The SMILES string of the molecule is CC(C)OCCCCNC(=O)c1cn(CCN)cn1. The molecule has 108 valence electrons. The third kappa shape index (κ3) is 6.35. The summed E-state index contributed by atoms with van der Waals surface area (Å²) in [7, 11) is 0. The van der Waals surface area contributed by atoms with Gasteiger partial charge in [-0.05, 0) is 26.7 Å². The normalized spacial score (nSPS) is 10.9. The van der Waals surface area contributed by atoms with Crippen molar-refractivity contribution >= 4 is 5.91 Å². The molecule has 0 unspecified atom stereocenters. The maximum Gasteiger partial charge on any atom is 0.271 e. The van der Waals surface area contributed by atoms with E-state index in [9.17, 15) is 4.79 Å². The molecule has 0 spiro atoms. The van der Waals surface area contributed by atoms with Gasteiger partial charge in [-0.1, -0.05) is 0 Å². The Balaban J connectivity index is 2.16. The third-order valence-electron chi connectivity index (χ3n) is 2.56. The smallest absolute Gasteiger partial charge is 0.271 e. The monoisotopic (exact) mass is 268 g/mol. The second-order valence-corrected chi connectivity index (χ2v) is 4.67. The van der Waals surface area contributed by atoms with Crippen molar-refractivity contribution in [1.82, 2.24) is 14.9 Å². The van der Waals surface area contributed by atoms with Crippen molar-refractivity contribution in [3.8, 4) is 0 Å². The Morgan fingerprint density at radius 2 is 2.32 bits per heavy atom. The molecule has 0 aliphatic carbocycles. The molecular formula is C13H24N4O2. The molecule has 19 heavy (non-hydrogen) atoms. The Kier molecular flexibility index (Phi) is 7.14. The Morgan fingerprint density at radius 3 is 3.00 bits per heavy atom. The summed E-state index contributed by atoms with van der Waals surface area (Å²) in [6.07, 6.45) is 5.45. The van der Waals surface area contributed by atoms with Crippen LogP contribution < -0.4 is 11.1 Å². The van der Waals surface area contributed by atoms with Crippen molar-refractivity contribution in [2.75, 3.05) is 19.7 Å². The highest BCUT2D eigenvalue weighted by atomic mass is 16.5. The molecule has 0 radical (unpaired) electrons. The van der Waals surface area contributed by atoms with E-state index in [0.717, 1.165) is 19.4 Å². The highest BCUT2D eigenvalue weighted by Gasteiger charge is 2.08. The third-order valence-corrected chi connectivity index (χ3v) is 2.56. The van der Waals surface area contributed by atoms with Gasteiger partial charge >= 0.3 is 0 Å². The molecule has 3 N–H and O–H groups in total. The van der Waals surface area contributed by atoms with Gasteiger partial charge in [-0.15, -0.1) is 0 Å². The molecule has 0 bridgehead atoms. The van der Waals surface area contributed by atoms with Crippen LogP contribution >= 0.6 is 0 Å². The van der Waals surface area contributed by atoms with E-state index in [1.54, 1.807) is 12.5 Å². The number of aromatic nitrogens is 2. The fraction of sp³-hybridized carbons (Fsp3) is 0.692. The van der Waals surface area contributed by atoms with Crippen LogP contribution in [0.1, 0.15) is 37.2 Å². The molecular weight excluding hydrogens is 244 g/mol. The van der Waals surface area contributed by atoms with Gasteiger partial charge in [0.05, 0.1) is 12.4 Å². The maximum absolute atomic E-state index is 11.8. The zero-order chi connectivity index (χ0) is 14.1. The van der Waals surface area contributed by atoms with Gasteiger partial charge in [0.25, 0.3) is 5.91 Å². The van der Waals surface area contributed by atoms with Gasteiger partial charge < -0.3 is 20.4 Å². The van der Waals surface area contributed by atoms with Gasteiger partial charge in [-0.3, -0.25) is 4.79 Å². The van der Waals surface area contributed by atoms with E-state index < -0.39 is 0 Å². The lowest BCUT2D eigenvalue weighted by Gasteiger charge is -2.07. The number of nitrogens with zero attached hydrogens (tertiary/aromatic N) is 2. The number of ether oxygens (including phenoxy) is 1. The van der Waals surface area contributed by atoms with Gasteiger partial charge in [0.2, 0.25) is 0 Å². The summed E-state index contributed by atoms with van der Waals surface area (Å²) in [4.78, 5) is 15.8. The number of imidazole rings is 1. The van der Waals surface area contributed by atoms with E-state index >= 15 is 0 Å². The molecule has 0 aromatic carbocycles. The zero-order valence-corrected chi connectivity index (χ0v) is 11.8. The van der Waals surface area contributed by atoms with Crippen molar-refractivity contribution < 1.29 is 9.53 Å². The Bertz CT molecular complexity index is 376. The lowest BCUT2D eigenvalue weighted by Crippen LogP contribution is -2.25. The molecule has 1 rings (SSSR count). The van der Waals surface area contributed by atoms with E-state index in [4.69, 9.17) is 10.5 Å². The van der Waals surface area contributed by atoms with Crippen LogP contribution in [-0.2, 0) is 11.3 Å². The average molecular weight is 268 g/mol. The topological polar surface area (TPSA) is 82.2 Å². The molecule has 1 amide bonds. The van der Waals surface area contributed by atoms with E-state index in [-0.39, 0.29) is 12.0 Å². The Hall–Kier alpha value is -1.40. The second kappa shape index (κ2) is 8.66. The number of amides is 1. The number of hydrogen-bond donors (Lipinski definition) is 2. The number of hydrogen-bond acceptors (Lipinski definition) is 4. The van der Waals surface area contributed by atoms with E-state index in [2.05, 4.69) is 10.3 Å². The quantitative estimate of drug-likeness (QED) is 0.648. The second-order valence-electron chi connectivity index (χ2n) is 4.67. The first-order chi connectivity index (χ1) is 9.13. The minimum atomic E-state index is -0.138. The molecule has 6 nitrogen and oxygen atoms in total. The summed E-state index contributed by atoms with van der Waals surface area (Å²) in [5.74, 6) is -0.138. The lowest BCUT2D eigenvalue weighted by atomic mass is 10.3. The first-order valence-electron chi connectivity index (χ1n) is 6.75. The summed E-state index contributed by atoms with van der Waals surface area (Å²) in [6, 6.07) is 0. The largest absolute Gasteiger partial charge is 0.379 e. The minimum Gasteiger partial charge on any atom is -0.379 e. The zero-order valence-electron chi connectivity index (χ0n) is 11.8. The van der Waals surface area contributed by atoms with Crippen molar-refractivity contribution in [3.05, 3.63) is 18.2 Å². The number of unbranched alkanes of at least 4 members (excludes halogenated alkanes) is 1. The summed E-state index contributed by atoms with van der Waals surface area (Å²) in [5, 5.41) is 2.84. The number of rotatable bonds is 9. The highest BCUT2D eigenvalue weighted by molar-refractivity contribution is 5.91. The molecule has 0 saturated carbocycles. The van der Waals surface area contributed by atoms with Crippen LogP contribution in [-0.4, -0.2) is 41.3 Å². The molecule has 0 aliphatic rings. The van der Waals surface area contributed by atoms with Crippen molar-refractivity contribution in [2.24, 2.45) is 5.73 Å². The predicted molar refractivity (Wildman–Crippen MR) is 73.9 cm³/mol. The number of nitrogens with one attached hydrogen (secondary N) is 1. The first kappa shape index (κ1) is 15.7. The molecule has 1 heterocycles. The van der Waals surface area contributed by atoms with Crippen molar-refractivity contribution in [2.45, 2.75) is 39.3 Å². The Morgan fingerprint density at radius 1 is 1.53 bits per heavy atom. The van der Waals surface area contributed by atoms with Gasteiger partial charge in [-0.2, -0.15) is 0 Å². The summed E-state index contributed by atoms with van der Waals surface area (Å²) >= 11 is 0. The van der Waals surface area contributed by atoms with Gasteiger partial charge in [0.15, 0.2) is 0 Å². The number of carbonyl (C=O) groups is 1. The summed E-state index contributed by atoms with van der Waals surface area (Å²) in [5.41, 5.74) is 5.87. The molecule has 1 aromatic heterocycles. The van der Waals surface area contributed by atoms with Crippen LogP contribution in [0.3, 0.4) is 0 Å². The molecule has 0 saturated heterocycles.